The molecule has 0 atom stereocenters. The van der Waals surface area contributed by atoms with E-state index in [0.717, 1.165) is 6.26 Å². The van der Waals surface area contributed by atoms with Gasteiger partial charge in [-0.05, 0) is 30.3 Å². The quantitative estimate of drug-likeness (QED) is 0.341. The Morgan fingerprint density at radius 2 is 1.76 bits per heavy atom. The van der Waals surface area contributed by atoms with E-state index in [-0.39, 0.29) is 17.3 Å². The zero-order valence-corrected chi connectivity index (χ0v) is 11.0. The highest BCUT2D eigenvalue weighted by Gasteiger charge is 2.25. The number of nitrogens with two attached hydrogens (primary N) is 1. The maximum absolute atomic E-state index is 12.4. The number of carbonyl (C=O) groups is 2. The van der Waals surface area contributed by atoms with Crippen molar-refractivity contribution in [2.24, 2.45) is 0 Å². The Morgan fingerprint density at radius 1 is 1.10 bits per heavy atom. The summed E-state index contributed by atoms with van der Waals surface area (Å²) in [5, 5.41) is 11.7. The fraction of sp³-hybridized carbons (Fsp3) is 0. The van der Waals surface area contributed by atoms with Crippen LogP contribution in [0.5, 0.6) is 0 Å². The topological polar surface area (TPSA) is 92.4 Å². The van der Waals surface area contributed by atoms with Crippen LogP contribution in [-0.4, -0.2) is 16.8 Å². The van der Waals surface area contributed by atoms with Crippen LogP contribution >= 0.6 is 0 Å². The molecular weight excluding hydrogens is 268 g/mol. The molecule has 0 unspecified atom stereocenters. The van der Waals surface area contributed by atoms with Gasteiger partial charge in [-0.3, -0.25) is 9.59 Å². The number of carbonyl (C=O) groups excluding carboxylic acids is 2. The second-order valence-corrected chi connectivity index (χ2v) is 4.71. The number of ketones is 1. The van der Waals surface area contributed by atoms with Crippen molar-refractivity contribution in [3.05, 3.63) is 65.4 Å². The van der Waals surface area contributed by atoms with E-state index in [9.17, 15) is 9.59 Å². The lowest BCUT2D eigenvalue weighted by Gasteiger charge is -2.04. The van der Waals surface area contributed by atoms with Gasteiger partial charge in [0.2, 0.25) is 0 Å². The van der Waals surface area contributed by atoms with Gasteiger partial charge in [0.1, 0.15) is 0 Å². The molecule has 0 fully saturated rings. The van der Waals surface area contributed by atoms with E-state index in [1.165, 1.54) is 0 Å². The first-order valence-electron chi connectivity index (χ1n) is 6.30. The molecule has 2 aromatic carbocycles. The number of fused-ring (bicyclic) bond motifs is 1. The maximum Gasteiger partial charge on any atom is 0.259 e. The van der Waals surface area contributed by atoms with Gasteiger partial charge in [0.15, 0.2) is 5.78 Å². The number of aliphatic hydroxyl groups excluding tert-OH is 1. The van der Waals surface area contributed by atoms with Crippen LogP contribution in [0.25, 0.3) is 5.57 Å². The summed E-state index contributed by atoms with van der Waals surface area (Å²) in [6.45, 7) is 0. The number of hydrogen-bond acceptors (Lipinski definition) is 4. The Morgan fingerprint density at radius 3 is 2.43 bits per heavy atom. The lowest BCUT2D eigenvalue weighted by Crippen LogP contribution is -2.04. The second kappa shape index (κ2) is 4.79. The molecule has 0 spiro atoms. The molecule has 21 heavy (non-hydrogen) atoms. The standard InChI is InChI=1S/C16H12N2O3/c17-11-4-1-9(2-5-11)15(20)10-3-6-12-13(8-19)16(21)18-14(12)7-10/h1-8,19H,17H2,(H,18,21). The Labute approximate surface area is 120 Å². The Hall–Kier alpha value is -3.08. The zero-order chi connectivity index (χ0) is 15.0. The van der Waals surface area contributed by atoms with Crippen LogP contribution in [-0.2, 0) is 4.79 Å². The van der Waals surface area contributed by atoms with Gasteiger partial charge in [-0.2, -0.15) is 0 Å². The predicted molar refractivity (Wildman–Crippen MR) is 80.0 cm³/mol. The number of nitrogens with one attached hydrogen (secondary N) is 1. The first-order chi connectivity index (χ1) is 10.1. The minimum absolute atomic E-state index is 0.159. The highest BCUT2D eigenvalue weighted by molar-refractivity contribution is 6.31. The molecule has 1 heterocycles. The van der Waals surface area contributed by atoms with Crippen LogP contribution in [0.4, 0.5) is 11.4 Å². The average Bonchev–Trinajstić information content (AvgIpc) is 2.81. The second-order valence-electron chi connectivity index (χ2n) is 4.71. The number of hydrogen-bond donors (Lipinski definition) is 3. The summed E-state index contributed by atoms with van der Waals surface area (Å²) in [4.78, 5) is 24.0. The minimum Gasteiger partial charge on any atom is -0.515 e. The maximum atomic E-state index is 12.4. The molecule has 4 N–H and O–H groups in total. The molecule has 2 aromatic rings. The molecule has 0 aromatic heterocycles. The van der Waals surface area contributed by atoms with Crippen molar-refractivity contribution in [1.82, 2.24) is 0 Å². The molecule has 1 aliphatic heterocycles. The minimum atomic E-state index is -0.385. The van der Waals surface area contributed by atoms with Gasteiger partial charge in [0.25, 0.3) is 5.91 Å². The van der Waals surface area contributed by atoms with Crippen LogP contribution in [0.1, 0.15) is 21.5 Å². The van der Waals surface area contributed by atoms with Crippen molar-refractivity contribution in [2.75, 3.05) is 11.1 Å². The molecule has 0 radical (unpaired) electrons. The molecule has 0 bridgehead atoms. The van der Waals surface area contributed by atoms with E-state index < -0.39 is 0 Å². The Balaban J connectivity index is 1.99. The third kappa shape index (κ3) is 2.14. The Kier molecular flexibility index (Phi) is 2.95. The number of benzene rings is 2. The van der Waals surface area contributed by atoms with Crippen molar-refractivity contribution in [2.45, 2.75) is 0 Å². The van der Waals surface area contributed by atoms with Crippen LogP contribution in [0.2, 0.25) is 0 Å². The van der Waals surface area contributed by atoms with Gasteiger partial charge in [-0.15, -0.1) is 0 Å². The zero-order valence-electron chi connectivity index (χ0n) is 11.0. The van der Waals surface area contributed by atoms with Crippen molar-refractivity contribution in [1.29, 1.82) is 0 Å². The van der Waals surface area contributed by atoms with Crippen LogP contribution < -0.4 is 11.1 Å². The van der Waals surface area contributed by atoms with E-state index in [1.807, 2.05) is 0 Å². The van der Waals surface area contributed by atoms with Crippen molar-refractivity contribution < 1.29 is 14.7 Å². The SMILES string of the molecule is Nc1ccc(C(=O)c2ccc3c(c2)NC(=O)C3=CO)cc1. The summed E-state index contributed by atoms with van der Waals surface area (Å²) in [6, 6.07) is 11.5. The summed E-state index contributed by atoms with van der Waals surface area (Å²) < 4.78 is 0. The average molecular weight is 280 g/mol. The van der Waals surface area contributed by atoms with Gasteiger partial charge in [-0.25, -0.2) is 0 Å². The summed E-state index contributed by atoms with van der Waals surface area (Å²) >= 11 is 0. The predicted octanol–water partition coefficient (Wildman–Crippen LogP) is 2.35. The lowest BCUT2D eigenvalue weighted by atomic mass is 9.99. The molecular formula is C16H12N2O3. The Bertz CT molecular complexity index is 777. The highest BCUT2D eigenvalue weighted by atomic mass is 16.2. The summed E-state index contributed by atoms with van der Waals surface area (Å²) in [5.74, 6) is -0.543. The third-order valence-electron chi connectivity index (χ3n) is 3.37. The van der Waals surface area contributed by atoms with E-state index in [1.54, 1.807) is 42.5 Å². The molecule has 1 amide bonds. The molecule has 5 nitrogen and oxygen atoms in total. The third-order valence-corrected chi connectivity index (χ3v) is 3.37. The van der Waals surface area contributed by atoms with E-state index in [4.69, 9.17) is 10.8 Å². The highest BCUT2D eigenvalue weighted by Crippen LogP contribution is 2.32. The molecule has 1 aliphatic rings. The molecule has 0 saturated heterocycles. The van der Waals surface area contributed by atoms with Crippen molar-refractivity contribution in [3.63, 3.8) is 0 Å². The number of aliphatic hydroxyl groups is 1. The van der Waals surface area contributed by atoms with Gasteiger partial charge in [-0.1, -0.05) is 12.1 Å². The summed E-state index contributed by atoms with van der Waals surface area (Å²) in [7, 11) is 0. The molecule has 3 rings (SSSR count). The smallest absolute Gasteiger partial charge is 0.259 e. The van der Waals surface area contributed by atoms with Crippen molar-refractivity contribution >= 4 is 28.6 Å². The van der Waals surface area contributed by atoms with E-state index in [2.05, 4.69) is 5.32 Å². The summed E-state index contributed by atoms with van der Waals surface area (Å²) in [5.41, 5.74) is 8.45. The monoisotopic (exact) mass is 280 g/mol. The van der Waals surface area contributed by atoms with E-state index >= 15 is 0 Å². The molecule has 0 aliphatic carbocycles. The van der Waals surface area contributed by atoms with Crippen LogP contribution in [0.15, 0.2) is 48.7 Å². The van der Waals surface area contributed by atoms with Crippen LogP contribution in [0.3, 0.4) is 0 Å². The largest absolute Gasteiger partial charge is 0.515 e. The number of rotatable bonds is 2. The fourth-order valence-electron chi connectivity index (χ4n) is 2.27. The number of amides is 1. The lowest BCUT2D eigenvalue weighted by molar-refractivity contribution is -0.110. The van der Waals surface area contributed by atoms with Gasteiger partial charge >= 0.3 is 0 Å². The molecule has 0 saturated carbocycles. The fourth-order valence-corrected chi connectivity index (χ4v) is 2.27. The first-order valence-corrected chi connectivity index (χ1v) is 6.30. The normalized spacial score (nSPS) is 14.9. The first kappa shape index (κ1) is 12.9. The molecule has 5 heteroatoms. The van der Waals surface area contributed by atoms with E-state index in [0.29, 0.717) is 28.1 Å². The van der Waals surface area contributed by atoms with Gasteiger partial charge in [0.05, 0.1) is 11.8 Å². The summed E-state index contributed by atoms with van der Waals surface area (Å²) in [6.07, 6.45) is 0.767. The van der Waals surface area contributed by atoms with Crippen LogP contribution in [0, 0.1) is 0 Å². The number of nitrogen functional groups attached to an aromatic ring is 1. The van der Waals surface area contributed by atoms with Crippen molar-refractivity contribution in [3.8, 4) is 0 Å². The van der Waals surface area contributed by atoms with Gasteiger partial charge < -0.3 is 16.2 Å². The molecule has 104 valence electrons. The number of anilines is 2. The van der Waals surface area contributed by atoms with Gasteiger partial charge in [0, 0.05) is 28.1 Å².